The second kappa shape index (κ2) is 12.1. The maximum absolute atomic E-state index is 2.45. The molecule has 256 valence electrons. The maximum atomic E-state index is 2.45. The lowest BCUT2D eigenvalue weighted by Gasteiger charge is -2.29. The van der Waals surface area contributed by atoms with E-state index < -0.39 is 7.92 Å². The molecule has 0 saturated carbocycles. The van der Waals surface area contributed by atoms with Gasteiger partial charge in [0.2, 0.25) is 0 Å². The minimum absolute atomic E-state index is 0.404. The van der Waals surface area contributed by atoms with E-state index in [1.165, 1.54) is 109 Å². The molecule has 0 N–H and O–H groups in total. The summed E-state index contributed by atoms with van der Waals surface area (Å²) in [7, 11) is -0.828. The normalized spacial score (nSPS) is 14.1. The van der Waals surface area contributed by atoms with Gasteiger partial charge in [-0.2, -0.15) is 0 Å². The van der Waals surface area contributed by atoms with E-state index in [1.54, 1.807) is 0 Å². The van der Waals surface area contributed by atoms with E-state index in [-0.39, 0.29) is 0 Å². The summed E-state index contributed by atoms with van der Waals surface area (Å²) in [6.45, 7) is 0. The molecule has 12 rings (SSSR count). The lowest BCUT2D eigenvalue weighted by molar-refractivity contribution is 0.822. The van der Waals surface area contributed by atoms with E-state index in [0.29, 0.717) is 5.92 Å². The maximum Gasteiger partial charge on any atom is 0.0149 e. The van der Waals surface area contributed by atoms with E-state index in [2.05, 4.69) is 194 Å². The molecule has 0 bridgehead atoms. The van der Waals surface area contributed by atoms with Crippen LogP contribution < -0.4 is 15.9 Å². The Morgan fingerprint density at radius 2 is 0.945 bits per heavy atom. The highest BCUT2D eigenvalue weighted by atomic mass is 31.1. The van der Waals surface area contributed by atoms with Gasteiger partial charge in [0.1, 0.15) is 0 Å². The zero-order valence-electron chi connectivity index (χ0n) is 30.2. The van der Waals surface area contributed by atoms with E-state index >= 15 is 0 Å². The summed E-state index contributed by atoms with van der Waals surface area (Å²) in [5.41, 5.74) is 12.6. The van der Waals surface area contributed by atoms with Gasteiger partial charge in [0.25, 0.3) is 0 Å². The van der Waals surface area contributed by atoms with Gasteiger partial charge in [0.15, 0.2) is 0 Å². The molecule has 0 heterocycles. The van der Waals surface area contributed by atoms with Gasteiger partial charge in [-0.15, -0.1) is 0 Å². The van der Waals surface area contributed by atoms with Crippen molar-refractivity contribution in [2.24, 2.45) is 0 Å². The fourth-order valence-electron chi connectivity index (χ4n) is 9.99. The van der Waals surface area contributed by atoms with Gasteiger partial charge in [-0.3, -0.25) is 0 Å². The molecular formula is C54H35P. The average molecular weight is 715 g/mol. The molecule has 1 heteroatoms. The Kier molecular flexibility index (Phi) is 6.83. The molecule has 0 nitrogen and oxygen atoms in total. The van der Waals surface area contributed by atoms with E-state index in [1.807, 2.05) is 0 Å². The van der Waals surface area contributed by atoms with Crippen LogP contribution in [0.15, 0.2) is 194 Å². The molecule has 0 aromatic heterocycles. The molecule has 0 radical (unpaired) electrons. The van der Waals surface area contributed by atoms with Crippen LogP contribution in [-0.2, 0) is 6.42 Å². The zero-order valence-corrected chi connectivity index (χ0v) is 31.1. The van der Waals surface area contributed by atoms with Crippen molar-refractivity contribution in [2.75, 3.05) is 0 Å². The lowest BCUT2D eigenvalue weighted by Crippen LogP contribution is -2.22. The standard InChI is InChI=1S/C54H35P/c1-3-16-39-35(12-1)14-9-24-51(39)55(52-25-10-15-36-13-2-4-17-40(36)52)38-29-26-34(27-30-38)37-28-31-46-48(32-37)42-19-6-8-21-44(42)50-33-49-43-20-7-5-18-41(43)45-22-11-23-47(53(45)49)54(46)50/h1-32,49H,33H2. The van der Waals surface area contributed by atoms with Crippen LogP contribution in [0.4, 0.5) is 0 Å². The summed E-state index contributed by atoms with van der Waals surface area (Å²) in [5.74, 6) is 0.404. The first-order valence-corrected chi connectivity index (χ1v) is 20.7. The third-order valence-electron chi connectivity index (χ3n) is 12.4. The largest absolute Gasteiger partial charge is 0.0619 e. The van der Waals surface area contributed by atoms with Crippen molar-refractivity contribution in [3.05, 3.63) is 211 Å². The molecule has 1 atom stereocenters. The third-order valence-corrected chi connectivity index (χ3v) is 14.9. The second-order valence-electron chi connectivity index (χ2n) is 15.1. The highest BCUT2D eigenvalue weighted by Gasteiger charge is 2.36. The number of fused-ring (bicyclic) bond motifs is 12. The van der Waals surface area contributed by atoms with E-state index in [9.17, 15) is 0 Å². The van der Waals surface area contributed by atoms with Crippen molar-refractivity contribution in [3.63, 3.8) is 0 Å². The highest BCUT2D eigenvalue weighted by molar-refractivity contribution is 7.80. The van der Waals surface area contributed by atoms with E-state index in [0.717, 1.165) is 6.42 Å². The van der Waals surface area contributed by atoms with E-state index in [4.69, 9.17) is 0 Å². The smallest absolute Gasteiger partial charge is 0.0149 e. The first-order chi connectivity index (χ1) is 27.3. The van der Waals surface area contributed by atoms with Crippen LogP contribution in [0.3, 0.4) is 0 Å². The Morgan fingerprint density at radius 1 is 0.382 bits per heavy atom. The van der Waals surface area contributed by atoms with Crippen molar-refractivity contribution < 1.29 is 0 Å². The predicted molar refractivity (Wildman–Crippen MR) is 237 cm³/mol. The van der Waals surface area contributed by atoms with Gasteiger partial charge >= 0.3 is 0 Å². The van der Waals surface area contributed by atoms with Gasteiger partial charge < -0.3 is 0 Å². The Balaban J connectivity index is 1.02. The van der Waals surface area contributed by atoms with Crippen molar-refractivity contribution in [3.8, 4) is 33.4 Å². The molecule has 2 aliphatic rings. The summed E-state index contributed by atoms with van der Waals surface area (Å²) in [5, 5.41) is 14.8. The third kappa shape index (κ3) is 4.62. The van der Waals surface area contributed by atoms with Gasteiger partial charge in [0.05, 0.1) is 0 Å². The number of rotatable bonds is 4. The molecule has 0 amide bonds. The number of hydrogen-bond acceptors (Lipinski definition) is 0. The van der Waals surface area contributed by atoms with Crippen molar-refractivity contribution in [1.82, 2.24) is 0 Å². The zero-order chi connectivity index (χ0) is 36.0. The molecular weight excluding hydrogens is 680 g/mol. The SMILES string of the molecule is c1ccc2c(c1)-c1cccc3c1C2Cc1c-3c2ccc(-c3ccc(P(c4cccc5ccccc45)c4cccc5ccccc45)cc3)cc2c2ccccc12. The van der Waals surface area contributed by atoms with Gasteiger partial charge in [0, 0.05) is 5.92 Å². The van der Waals surface area contributed by atoms with Crippen LogP contribution in [0.2, 0.25) is 0 Å². The Morgan fingerprint density at radius 3 is 1.69 bits per heavy atom. The molecule has 55 heavy (non-hydrogen) atoms. The molecule has 0 fully saturated rings. The van der Waals surface area contributed by atoms with Gasteiger partial charge in [-0.25, -0.2) is 0 Å². The first-order valence-electron chi connectivity index (χ1n) is 19.4. The highest BCUT2D eigenvalue weighted by Crippen LogP contribution is 2.56. The first kappa shape index (κ1) is 31.1. The molecule has 2 aliphatic carbocycles. The minimum Gasteiger partial charge on any atom is -0.0619 e. The fraction of sp³-hybridized carbons (Fsp3) is 0.0370. The summed E-state index contributed by atoms with van der Waals surface area (Å²) >= 11 is 0. The summed E-state index contributed by atoms with van der Waals surface area (Å²) < 4.78 is 0. The Bertz CT molecular complexity index is 3100. The van der Waals surface area contributed by atoms with Crippen LogP contribution in [-0.4, -0.2) is 0 Å². The average Bonchev–Trinajstić information content (AvgIpc) is 3.58. The van der Waals surface area contributed by atoms with Crippen LogP contribution in [0.1, 0.15) is 22.6 Å². The van der Waals surface area contributed by atoms with Crippen molar-refractivity contribution in [2.45, 2.75) is 12.3 Å². The Labute approximate surface area is 322 Å². The summed E-state index contributed by atoms with van der Waals surface area (Å²) in [4.78, 5) is 0. The molecule has 1 unspecified atom stereocenters. The molecule has 0 spiro atoms. The lowest BCUT2D eigenvalue weighted by atomic mass is 9.74. The molecule has 10 aromatic carbocycles. The van der Waals surface area contributed by atoms with Crippen LogP contribution in [0.25, 0.3) is 76.5 Å². The molecule has 0 saturated heterocycles. The monoisotopic (exact) mass is 714 g/mol. The fourth-order valence-corrected chi connectivity index (χ4v) is 12.6. The topological polar surface area (TPSA) is 0 Å². The summed E-state index contributed by atoms with van der Waals surface area (Å²) in [6, 6.07) is 73.2. The minimum atomic E-state index is -0.828. The van der Waals surface area contributed by atoms with Crippen molar-refractivity contribution >= 4 is 66.9 Å². The number of hydrogen-bond donors (Lipinski definition) is 0. The molecule has 0 aliphatic heterocycles. The van der Waals surface area contributed by atoms with Gasteiger partial charge in [-0.1, -0.05) is 188 Å². The van der Waals surface area contributed by atoms with Crippen LogP contribution in [0, 0.1) is 0 Å². The van der Waals surface area contributed by atoms with Crippen LogP contribution >= 0.6 is 7.92 Å². The van der Waals surface area contributed by atoms with Crippen molar-refractivity contribution in [1.29, 1.82) is 0 Å². The number of benzene rings is 10. The van der Waals surface area contributed by atoms with Crippen LogP contribution in [0.5, 0.6) is 0 Å². The molecule has 10 aromatic rings. The van der Waals surface area contributed by atoms with Gasteiger partial charge in [-0.05, 0) is 129 Å². The quantitative estimate of drug-likeness (QED) is 0.126. The Hall–Kier alpha value is -6.33. The second-order valence-corrected chi connectivity index (χ2v) is 17.3. The predicted octanol–water partition coefficient (Wildman–Crippen LogP) is 13.1. The summed E-state index contributed by atoms with van der Waals surface area (Å²) in [6.07, 6.45) is 1.03.